The van der Waals surface area contributed by atoms with Crippen molar-refractivity contribution in [1.29, 1.82) is 0 Å². The molecule has 33 heavy (non-hydrogen) atoms. The molecular weight excluding hydrogens is 455 g/mol. The highest BCUT2D eigenvalue weighted by atomic mass is 32.2. The second-order valence-electron chi connectivity index (χ2n) is 8.64. The van der Waals surface area contributed by atoms with E-state index in [1.807, 2.05) is 0 Å². The summed E-state index contributed by atoms with van der Waals surface area (Å²) in [6, 6.07) is 11.2. The zero-order valence-corrected chi connectivity index (χ0v) is 18.8. The number of piperidine rings is 1. The normalized spacial score (nSPS) is 18.3. The first kappa shape index (κ1) is 23.7. The summed E-state index contributed by atoms with van der Waals surface area (Å²) in [5.74, 6) is -0.273. The van der Waals surface area contributed by atoms with Crippen LogP contribution in [-0.2, 0) is 22.7 Å². The average molecular weight is 482 g/mol. The van der Waals surface area contributed by atoms with Gasteiger partial charge >= 0.3 is 6.18 Å². The summed E-state index contributed by atoms with van der Waals surface area (Å²) in [7, 11) is -3.56. The second kappa shape index (κ2) is 9.44. The second-order valence-corrected chi connectivity index (χ2v) is 10.4. The van der Waals surface area contributed by atoms with Crippen molar-refractivity contribution < 1.29 is 26.4 Å². The molecular formula is C23H26F3N3O3S. The minimum absolute atomic E-state index is 0.0115. The molecule has 6 nitrogen and oxygen atoms in total. The Balaban J connectivity index is 1.27. The fraction of sp³-hybridized carbons (Fsp3) is 0.435. The van der Waals surface area contributed by atoms with E-state index in [0.29, 0.717) is 43.6 Å². The number of hydrogen-bond donors (Lipinski definition) is 2. The first-order valence-corrected chi connectivity index (χ1v) is 12.4. The van der Waals surface area contributed by atoms with E-state index < -0.39 is 21.8 Å². The van der Waals surface area contributed by atoms with Crippen molar-refractivity contribution in [2.24, 2.45) is 0 Å². The van der Waals surface area contributed by atoms with Gasteiger partial charge in [0.25, 0.3) is 5.91 Å². The monoisotopic (exact) mass is 481 g/mol. The van der Waals surface area contributed by atoms with Gasteiger partial charge in [0, 0.05) is 37.3 Å². The molecule has 2 aromatic carbocycles. The molecule has 2 aromatic rings. The number of nitrogens with zero attached hydrogens (tertiary/aromatic N) is 1. The van der Waals surface area contributed by atoms with Gasteiger partial charge in [0.2, 0.25) is 10.0 Å². The minimum atomic E-state index is -4.36. The average Bonchev–Trinajstić information content (AvgIpc) is 3.58. The molecule has 1 amide bonds. The van der Waals surface area contributed by atoms with Gasteiger partial charge in [-0.25, -0.2) is 13.1 Å². The Bertz CT molecular complexity index is 1090. The zero-order valence-electron chi connectivity index (χ0n) is 17.9. The van der Waals surface area contributed by atoms with Gasteiger partial charge in [-0.2, -0.15) is 13.2 Å². The molecule has 1 aliphatic heterocycles. The summed E-state index contributed by atoms with van der Waals surface area (Å²) in [5.41, 5.74) is 0.342. The number of nitrogens with one attached hydrogen (secondary N) is 2. The number of alkyl halides is 3. The molecule has 0 atom stereocenters. The minimum Gasteiger partial charge on any atom is -0.349 e. The van der Waals surface area contributed by atoms with Crippen LogP contribution in [0.3, 0.4) is 0 Å². The lowest BCUT2D eigenvalue weighted by Gasteiger charge is -2.32. The summed E-state index contributed by atoms with van der Waals surface area (Å²) >= 11 is 0. The number of carbonyl (C=O) groups excluding carboxylic acids is 1. The summed E-state index contributed by atoms with van der Waals surface area (Å²) in [6.07, 6.45) is -1.30. The topological polar surface area (TPSA) is 78.5 Å². The van der Waals surface area contributed by atoms with Crippen molar-refractivity contribution in [3.63, 3.8) is 0 Å². The highest BCUT2D eigenvalue weighted by Crippen LogP contribution is 2.30. The third kappa shape index (κ3) is 6.33. The first-order valence-electron chi connectivity index (χ1n) is 10.9. The third-order valence-corrected chi connectivity index (χ3v) is 7.45. The molecule has 0 unspecified atom stereocenters. The number of halogens is 3. The molecule has 4 rings (SSSR count). The number of sulfonamides is 1. The van der Waals surface area contributed by atoms with Crippen LogP contribution in [0.15, 0.2) is 53.4 Å². The van der Waals surface area contributed by atoms with Crippen LogP contribution in [-0.4, -0.2) is 44.4 Å². The van der Waals surface area contributed by atoms with Gasteiger partial charge in [-0.05, 0) is 61.6 Å². The fourth-order valence-electron chi connectivity index (χ4n) is 3.88. The van der Waals surface area contributed by atoms with E-state index in [9.17, 15) is 26.4 Å². The molecule has 1 heterocycles. The maximum Gasteiger partial charge on any atom is 0.416 e. The zero-order chi connectivity index (χ0) is 23.6. The van der Waals surface area contributed by atoms with E-state index in [1.54, 1.807) is 6.07 Å². The molecule has 1 aliphatic carbocycles. The molecule has 1 saturated heterocycles. The van der Waals surface area contributed by atoms with E-state index in [1.165, 1.54) is 36.4 Å². The lowest BCUT2D eigenvalue weighted by molar-refractivity contribution is -0.137. The van der Waals surface area contributed by atoms with Crippen LogP contribution >= 0.6 is 0 Å². The summed E-state index contributed by atoms with van der Waals surface area (Å²) in [6.45, 7) is 1.74. The largest absolute Gasteiger partial charge is 0.416 e. The standard InChI is InChI=1S/C23H26F3N3O3S/c24-23(25,26)18-3-1-2-16(14-18)15-29-12-10-19(11-13-29)27-22(30)17-4-8-21(9-5-17)33(31,32)28-20-6-7-20/h1-5,8-9,14,19-20,28H,6-7,10-13,15H2,(H,27,30). The Morgan fingerprint density at radius 3 is 2.24 bits per heavy atom. The molecule has 0 aromatic heterocycles. The molecule has 0 bridgehead atoms. The molecule has 2 fully saturated rings. The van der Waals surface area contributed by atoms with Crippen LogP contribution in [0.2, 0.25) is 0 Å². The van der Waals surface area contributed by atoms with Crippen molar-refractivity contribution in [2.45, 2.75) is 55.4 Å². The smallest absolute Gasteiger partial charge is 0.349 e. The summed E-state index contributed by atoms with van der Waals surface area (Å²) in [4.78, 5) is 14.8. The number of amides is 1. The van der Waals surface area contributed by atoms with Crippen molar-refractivity contribution in [3.8, 4) is 0 Å². The van der Waals surface area contributed by atoms with Gasteiger partial charge in [0.15, 0.2) is 0 Å². The highest BCUT2D eigenvalue weighted by molar-refractivity contribution is 7.89. The molecule has 0 radical (unpaired) electrons. The Morgan fingerprint density at radius 1 is 0.970 bits per heavy atom. The van der Waals surface area contributed by atoms with Gasteiger partial charge in [0.1, 0.15) is 0 Å². The molecule has 1 saturated carbocycles. The molecule has 0 spiro atoms. The van der Waals surface area contributed by atoms with E-state index in [0.717, 1.165) is 18.9 Å². The van der Waals surface area contributed by atoms with E-state index in [-0.39, 0.29) is 22.9 Å². The lowest BCUT2D eigenvalue weighted by Crippen LogP contribution is -2.44. The third-order valence-electron chi connectivity index (χ3n) is 5.91. The van der Waals surface area contributed by atoms with Crippen LogP contribution in [0.1, 0.15) is 47.2 Å². The van der Waals surface area contributed by atoms with Crippen LogP contribution in [0.5, 0.6) is 0 Å². The van der Waals surface area contributed by atoms with E-state index in [2.05, 4.69) is 14.9 Å². The predicted molar refractivity (Wildman–Crippen MR) is 117 cm³/mol. The van der Waals surface area contributed by atoms with Crippen LogP contribution in [0.4, 0.5) is 13.2 Å². The Kier molecular flexibility index (Phi) is 6.78. The van der Waals surface area contributed by atoms with Crippen LogP contribution in [0, 0.1) is 0 Å². The fourth-order valence-corrected chi connectivity index (χ4v) is 5.19. The molecule has 2 N–H and O–H groups in total. The van der Waals surface area contributed by atoms with Gasteiger partial charge in [-0.3, -0.25) is 9.69 Å². The number of hydrogen-bond acceptors (Lipinski definition) is 4. The van der Waals surface area contributed by atoms with Gasteiger partial charge < -0.3 is 5.32 Å². The number of benzene rings is 2. The Hall–Kier alpha value is -2.43. The maximum absolute atomic E-state index is 12.9. The number of carbonyl (C=O) groups is 1. The van der Waals surface area contributed by atoms with Crippen molar-refractivity contribution in [2.75, 3.05) is 13.1 Å². The van der Waals surface area contributed by atoms with Crippen LogP contribution < -0.4 is 10.0 Å². The molecule has 10 heteroatoms. The first-order chi connectivity index (χ1) is 15.6. The Labute approximate surface area is 191 Å². The maximum atomic E-state index is 12.9. The summed E-state index contributed by atoms with van der Waals surface area (Å²) < 4.78 is 65.8. The van der Waals surface area contributed by atoms with Crippen molar-refractivity contribution >= 4 is 15.9 Å². The van der Waals surface area contributed by atoms with E-state index in [4.69, 9.17) is 0 Å². The highest BCUT2D eigenvalue weighted by Gasteiger charge is 2.31. The predicted octanol–water partition coefficient (Wildman–Crippen LogP) is 3.54. The molecule has 2 aliphatic rings. The SMILES string of the molecule is O=C(NC1CCN(Cc2cccc(C(F)(F)F)c2)CC1)c1ccc(S(=O)(=O)NC2CC2)cc1. The Morgan fingerprint density at radius 2 is 1.64 bits per heavy atom. The number of likely N-dealkylation sites (tertiary alicyclic amines) is 1. The van der Waals surface area contributed by atoms with Crippen molar-refractivity contribution in [3.05, 3.63) is 65.2 Å². The quantitative estimate of drug-likeness (QED) is 0.634. The number of rotatable bonds is 7. The van der Waals surface area contributed by atoms with Gasteiger partial charge in [-0.1, -0.05) is 18.2 Å². The van der Waals surface area contributed by atoms with Gasteiger partial charge in [0.05, 0.1) is 10.5 Å². The lowest BCUT2D eigenvalue weighted by atomic mass is 10.0. The van der Waals surface area contributed by atoms with E-state index >= 15 is 0 Å². The molecule has 178 valence electrons. The summed E-state index contributed by atoms with van der Waals surface area (Å²) in [5, 5.41) is 2.97. The van der Waals surface area contributed by atoms with Gasteiger partial charge in [-0.15, -0.1) is 0 Å². The van der Waals surface area contributed by atoms with Crippen LogP contribution in [0.25, 0.3) is 0 Å². The van der Waals surface area contributed by atoms with Crippen molar-refractivity contribution in [1.82, 2.24) is 14.9 Å².